The van der Waals surface area contributed by atoms with Crippen LogP contribution in [0.5, 0.6) is 11.5 Å². The van der Waals surface area contributed by atoms with E-state index in [-0.39, 0.29) is 31.1 Å². The fraction of sp³-hybridized carbons (Fsp3) is 0.293. The zero-order valence-corrected chi connectivity index (χ0v) is 28.7. The van der Waals surface area contributed by atoms with Crippen molar-refractivity contribution in [3.05, 3.63) is 119 Å². The molecular formula is C41H40N6O5. The third kappa shape index (κ3) is 5.80. The second-order valence-electron chi connectivity index (χ2n) is 14.3. The fourth-order valence-corrected chi connectivity index (χ4v) is 8.37. The number of nitrogens with zero attached hydrogens (tertiary/aromatic N) is 3. The Balaban J connectivity index is 0.860. The first kappa shape index (κ1) is 32.1. The minimum atomic E-state index is -0.585. The van der Waals surface area contributed by atoms with Gasteiger partial charge in [-0.1, -0.05) is 48.5 Å². The third-order valence-electron chi connectivity index (χ3n) is 11.1. The lowest BCUT2D eigenvalue weighted by molar-refractivity contribution is -0.159. The Morgan fingerprint density at radius 2 is 1.67 bits per heavy atom. The summed E-state index contributed by atoms with van der Waals surface area (Å²) in [7, 11) is 0. The molecule has 4 aliphatic heterocycles. The van der Waals surface area contributed by atoms with Gasteiger partial charge < -0.3 is 35.3 Å². The van der Waals surface area contributed by atoms with E-state index < -0.39 is 12.1 Å². The number of nitrogens with two attached hydrogens (primary N) is 1. The summed E-state index contributed by atoms with van der Waals surface area (Å²) in [4.78, 5) is 50.9. The van der Waals surface area contributed by atoms with Gasteiger partial charge in [0.1, 0.15) is 6.04 Å². The van der Waals surface area contributed by atoms with Crippen molar-refractivity contribution < 1.29 is 23.9 Å². The molecular weight excluding hydrogens is 656 g/mol. The summed E-state index contributed by atoms with van der Waals surface area (Å²) in [6.07, 6.45) is 2.36. The molecule has 9 rings (SSSR count). The van der Waals surface area contributed by atoms with Crippen molar-refractivity contribution in [1.82, 2.24) is 19.7 Å². The quantitative estimate of drug-likeness (QED) is 0.196. The summed E-state index contributed by atoms with van der Waals surface area (Å²) in [5, 5.41) is 3.96. The van der Waals surface area contributed by atoms with Gasteiger partial charge in [-0.05, 0) is 91.0 Å². The Kier molecular flexibility index (Phi) is 8.07. The molecule has 0 bridgehead atoms. The Labute approximate surface area is 301 Å². The van der Waals surface area contributed by atoms with Gasteiger partial charge in [0.15, 0.2) is 11.5 Å². The number of H-pyrrole nitrogens is 1. The van der Waals surface area contributed by atoms with Crippen LogP contribution < -0.4 is 20.5 Å². The molecule has 0 aliphatic carbocycles. The largest absolute Gasteiger partial charge is 0.454 e. The van der Waals surface area contributed by atoms with Crippen molar-refractivity contribution in [3.63, 3.8) is 0 Å². The number of piperazine rings is 1. The zero-order chi connectivity index (χ0) is 35.3. The van der Waals surface area contributed by atoms with Gasteiger partial charge in [-0.2, -0.15) is 0 Å². The van der Waals surface area contributed by atoms with E-state index in [1.807, 2.05) is 82.6 Å². The molecule has 4 aliphatic rings. The van der Waals surface area contributed by atoms with Crippen molar-refractivity contribution in [2.75, 3.05) is 44.0 Å². The van der Waals surface area contributed by atoms with Gasteiger partial charge in [-0.3, -0.25) is 19.3 Å². The number of aromatic nitrogens is 1. The van der Waals surface area contributed by atoms with E-state index in [9.17, 15) is 14.4 Å². The van der Waals surface area contributed by atoms with Crippen LogP contribution in [0.4, 0.5) is 11.4 Å². The molecule has 0 radical (unpaired) electrons. The lowest BCUT2D eigenvalue weighted by atomic mass is 9.85. The van der Waals surface area contributed by atoms with Gasteiger partial charge in [-0.15, -0.1) is 0 Å². The van der Waals surface area contributed by atoms with Crippen LogP contribution in [0.25, 0.3) is 10.9 Å². The molecule has 0 spiro atoms. The first-order valence-corrected chi connectivity index (χ1v) is 18.0. The van der Waals surface area contributed by atoms with Gasteiger partial charge >= 0.3 is 0 Å². The van der Waals surface area contributed by atoms with E-state index in [4.69, 9.17) is 15.2 Å². The van der Waals surface area contributed by atoms with Gasteiger partial charge in [0.2, 0.25) is 18.6 Å². The van der Waals surface area contributed by atoms with Crippen LogP contribution in [-0.4, -0.2) is 76.4 Å². The topological polar surface area (TPSA) is 133 Å². The Morgan fingerprint density at radius 3 is 2.50 bits per heavy atom. The van der Waals surface area contributed by atoms with E-state index in [0.717, 1.165) is 65.8 Å². The average molecular weight is 697 g/mol. The van der Waals surface area contributed by atoms with Crippen LogP contribution in [0, 0.1) is 5.92 Å². The first-order chi connectivity index (χ1) is 25.4. The Hall–Kier alpha value is -5.81. The molecule has 0 saturated carbocycles. The van der Waals surface area contributed by atoms with Crippen LogP contribution in [0.15, 0.2) is 91.0 Å². The van der Waals surface area contributed by atoms with E-state index in [1.165, 1.54) is 0 Å². The minimum absolute atomic E-state index is 0.0165. The Bertz CT molecular complexity index is 2190. The summed E-state index contributed by atoms with van der Waals surface area (Å²) in [6.45, 7) is 3.40. The molecule has 2 saturated heterocycles. The van der Waals surface area contributed by atoms with E-state index in [0.29, 0.717) is 47.3 Å². The molecule has 264 valence electrons. The van der Waals surface area contributed by atoms with Crippen molar-refractivity contribution in [3.8, 4) is 11.5 Å². The number of benzene rings is 4. The second kappa shape index (κ2) is 13.1. The molecule has 52 heavy (non-hydrogen) atoms. The number of para-hydroxylation sites is 3. The molecule has 11 heteroatoms. The predicted octanol–water partition coefficient (Wildman–Crippen LogP) is 5.33. The number of ether oxygens (including phenoxy) is 2. The highest BCUT2D eigenvalue weighted by Gasteiger charge is 2.48. The maximum Gasteiger partial charge on any atom is 0.255 e. The molecule has 1 aromatic heterocycles. The Morgan fingerprint density at radius 1 is 0.904 bits per heavy atom. The van der Waals surface area contributed by atoms with Crippen LogP contribution in [-0.2, 0) is 22.6 Å². The van der Waals surface area contributed by atoms with E-state index in [2.05, 4.69) is 21.3 Å². The smallest absolute Gasteiger partial charge is 0.255 e. The standard InChI is InChI=1S/C41H40N6O5/c42-31-6-2-4-8-33(31)44-40(49)27-11-9-25(10-12-27)21-45-17-15-26(16-18-45)22-46-23-37(48)47-34(41(46)50)20-30-29-5-1-3-7-32(29)43-38(30)39(47)28-13-14-35-36(19-28)52-24-51-35/h1-14,19,26,34,39,43H,15-18,20-24,42H2,(H,44,49)/t34-,39+/m0/s1. The normalized spacial score (nSPS) is 20.2. The van der Waals surface area contributed by atoms with Crippen molar-refractivity contribution in [1.29, 1.82) is 0 Å². The summed E-state index contributed by atoms with van der Waals surface area (Å²) in [5.41, 5.74) is 12.7. The number of likely N-dealkylation sites (tertiary alicyclic amines) is 1. The van der Waals surface area contributed by atoms with Crippen LogP contribution in [0.2, 0.25) is 0 Å². The predicted molar refractivity (Wildman–Crippen MR) is 197 cm³/mol. The number of aromatic amines is 1. The molecule has 3 amide bonds. The molecule has 11 nitrogen and oxygen atoms in total. The lowest BCUT2D eigenvalue weighted by Gasteiger charge is -2.48. The molecule has 4 aromatic carbocycles. The number of hydrogen-bond donors (Lipinski definition) is 3. The third-order valence-corrected chi connectivity index (χ3v) is 11.1. The number of piperidine rings is 1. The summed E-state index contributed by atoms with van der Waals surface area (Å²) in [6, 6.07) is 27.8. The maximum atomic E-state index is 14.3. The summed E-state index contributed by atoms with van der Waals surface area (Å²) < 4.78 is 11.3. The SMILES string of the molecule is Nc1ccccc1NC(=O)c1ccc(CN2CCC(CN3CC(=O)N4[C@H](c5ccc6c(c5)OCO6)c5[nH]c6ccccc6c5C[C@H]4C3=O)CC2)cc1. The second-order valence-corrected chi connectivity index (χ2v) is 14.3. The van der Waals surface area contributed by atoms with Crippen LogP contribution in [0.1, 0.15) is 51.6 Å². The molecule has 0 unspecified atom stereocenters. The first-order valence-electron chi connectivity index (χ1n) is 18.0. The zero-order valence-electron chi connectivity index (χ0n) is 28.7. The summed E-state index contributed by atoms with van der Waals surface area (Å²) in [5.74, 6) is 1.42. The highest BCUT2D eigenvalue weighted by Crippen LogP contribution is 2.45. The number of amides is 3. The average Bonchev–Trinajstić information content (AvgIpc) is 3.79. The molecule has 5 aromatic rings. The lowest BCUT2D eigenvalue weighted by Crippen LogP contribution is -2.63. The number of carbonyl (C=O) groups excluding carboxylic acids is 3. The number of hydrogen-bond acceptors (Lipinski definition) is 7. The van der Waals surface area contributed by atoms with Crippen molar-refractivity contribution in [2.45, 2.75) is 37.9 Å². The number of nitrogen functional groups attached to an aromatic ring is 1. The minimum Gasteiger partial charge on any atom is -0.454 e. The highest BCUT2D eigenvalue weighted by molar-refractivity contribution is 6.05. The number of rotatable bonds is 7. The number of anilines is 2. The summed E-state index contributed by atoms with van der Waals surface area (Å²) >= 11 is 0. The fourth-order valence-electron chi connectivity index (χ4n) is 8.37. The number of carbonyl (C=O) groups is 3. The molecule has 2 atom stereocenters. The number of nitrogens with one attached hydrogen (secondary N) is 2. The van der Waals surface area contributed by atoms with Crippen molar-refractivity contribution in [2.24, 2.45) is 5.92 Å². The maximum absolute atomic E-state index is 14.3. The van der Waals surface area contributed by atoms with Crippen LogP contribution in [0.3, 0.4) is 0 Å². The van der Waals surface area contributed by atoms with Gasteiger partial charge in [0.25, 0.3) is 5.91 Å². The van der Waals surface area contributed by atoms with Gasteiger partial charge in [0.05, 0.1) is 24.0 Å². The van der Waals surface area contributed by atoms with Crippen LogP contribution >= 0.6 is 0 Å². The van der Waals surface area contributed by atoms with Gasteiger partial charge in [0, 0.05) is 41.7 Å². The molecule has 2 fully saturated rings. The van der Waals surface area contributed by atoms with Crippen molar-refractivity contribution >= 4 is 40.0 Å². The molecule has 5 heterocycles. The monoisotopic (exact) mass is 696 g/mol. The molecule has 4 N–H and O–H groups in total. The van der Waals surface area contributed by atoms with E-state index >= 15 is 0 Å². The highest BCUT2D eigenvalue weighted by atomic mass is 16.7. The van der Waals surface area contributed by atoms with E-state index in [1.54, 1.807) is 12.1 Å². The van der Waals surface area contributed by atoms with Gasteiger partial charge in [-0.25, -0.2) is 0 Å². The number of fused-ring (bicyclic) bond motifs is 5.